The number of hydrogen-bond acceptors (Lipinski definition) is 2. The van der Waals surface area contributed by atoms with E-state index in [1.807, 2.05) is 12.1 Å². The molecule has 0 bridgehead atoms. The van der Waals surface area contributed by atoms with Gasteiger partial charge in [0.05, 0.1) is 18.2 Å². The quantitative estimate of drug-likeness (QED) is 0.785. The Morgan fingerprint density at radius 2 is 1.83 bits per heavy atom. The maximum absolute atomic E-state index is 10.5. The standard InChI is InChI=1S/C15H23ClO2/c1-4-6-11(7-5-2)15(17)13-9-8-12(18-3)10-14(13)16/h8-11,15,17H,4-7H2,1-3H3. The molecule has 0 amide bonds. The third-order valence-corrected chi connectivity index (χ3v) is 3.62. The Bertz CT molecular complexity index is 360. The predicted molar refractivity (Wildman–Crippen MR) is 76.3 cm³/mol. The largest absolute Gasteiger partial charge is 0.497 e. The van der Waals surface area contributed by atoms with E-state index in [1.54, 1.807) is 13.2 Å². The zero-order valence-electron chi connectivity index (χ0n) is 11.4. The summed E-state index contributed by atoms with van der Waals surface area (Å²) < 4.78 is 5.12. The lowest BCUT2D eigenvalue weighted by atomic mass is 9.88. The molecule has 102 valence electrons. The minimum Gasteiger partial charge on any atom is -0.497 e. The summed E-state index contributed by atoms with van der Waals surface area (Å²) in [5.74, 6) is 1.00. The first-order valence-corrected chi connectivity index (χ1v) is 7.03. The van der Waals surface area contributed by atoms with Crippen molar-refractivity contribution in [1.29, 1.82) is 0 Å². The fraction of sp³-hybridized carbons (Fsp3) is 0.600. The molecule has 0 radical (unpaired) electrons. The van der Waals surface area contributed by atoms with Gasteiger partial charge in [-0.2, -0.15) is 0 Å². The molecule has 1 aromatic carbocycles. The lowest BCUT2D eigenvalue weighted by Crippen LogP contribution is -2.13. The number of methoxy groups -OCH3 is 1. The van der Waals surface area contributed by atoms with Crippen LogP contribution in [-0.2, 0) is 0 Å². The second-order valence-electron chi connectivity index (χ2n) is 4.67. The molecule has 2 nitrogen and oxygen atoms in total. The number of aliphatic hydroxyl groups is 1. The van der Waals surface area contributed by atoms with Gasteiger partial charge in [-0.1, -0.05) is 44.4 Å². The summed E-state index contributed by atoms with van der Waals surface area (Å²) in [6.07, 6.45) is 3.73. The van der Waals surface area contributed by atoms with Crippen molar-refractivity contribution in [3.05, 3.63) is 28.8 Å². The normalized spacial score (nSPS) is 12.8. The Balaban J connectivity index is 2.89. The van der Waals surface area contributed by atoms with Crippen LogP contribution in [0.1, 0.15) is 51.2 Å². The van der Waals surface area contributed by atoms with Gasteiger partial charge in [0.25, 0.3) is 0 Å². The molecule has 3 heteroatoms. The lowest BCUT2D eigenvalue weighted by molar-refractivity contribution is 0.0965. The van der Waals surface area contributed by atoms with Crippen molar-refractivity contribution in [2.24, 2.45) is 5.92 Å². The van der Waals surface area contributed by atoms with Crippen LogP contribution in [0.4, 0.5) is 0 Å². The molecule has 0 spiro atoms. The highest BCUT2D eigenvalue weighted by atomic mass is 35.5. The monoisotopic (exact) mass is 270 g/mol. The molecular weight excluding hydrogens is 248 g/mol. The van der Waals surface area contributed by atoms with Gasteiger partial charge in [-0.15, -0.1) is 0 Å². The van der Waals surface area contributed by atoms with Crippen LogP contribution in [0.2, 0.25) is 5.02 Å². The Labute approximate surface area is 115 Å². The van der Waals surface area contributed by atoms with Crippen molar-refractivity contribution < 1.29 is 9.84 Å². The fourth-order valence-corrected chi connectivity index (χ4v) is 2.61. The van der Waals surface area contributed by atoms with Crippen LogP contribution >= 0.6 is 11.6 Å². The van der Waals surface area contributed by atoms with E-state index >= 15 is 0 Å². The van der Waals surface area contributed by atoms with Crippen LogP contribution in [0, 0.1) is 5.92 Å². The Morgan fingerprint density at radius 3 is 2.28 bits per heavy atom. The number of rotatable bonds is 7. The van der Waals surface area contributed by atoms with Crippen molar-refractivity contribution >= 4 is 11.6 Å². The third-order valence-electron chi connectivity index (χ3n) is 3.29. The van der Waals surface area contributed by atoms with E-state index in [4.69, 9.17) is 16.3 Å². The maximum Gasteiger partial charge on any atom is 0.120 e. The second-order valence-corrected chi connectivity index (χ2v) is 5.08. The summed E-state index contributed by atoms with van der Waals surface area (Å²) in [4.78, 5) is 0. The number of halogens is 1. The summed E-state index contributed by atoms with van der Waals surface area (Å²) in [5, 5.41) is 11.0. The third kappa shape index (κ3) is 3.89. The highest BCUT2D eigenvalue weighted by Gasteiger charge is 2.21. The fourth-order valence-electron chi connectivity index (χ4n) is 2.33. The van der Waals surface area contributed by atoms with Gasteiger partial charge in [0.15, 0.2) is 0 Å². The van der Waals surface area contributed by atoms with Crippen LogP contribution in [0.5, 0.6) is 5.75 Å². The van der Waals surface area contributed by atoms with Gasteiger partial charge in [-0.3, -0.25) is 0 Å². The van der Waals surface area contributed by atoms with Gasteiger partial charge < -0.3 is 9.84 Å². The molecule has 1 aromatic rings. The molecule has 1 N–H and O–H groups in total. The first-order chi connectivity index (χ1) is 8.63. The first kappa shape index (κ1) is 15.3. The van der Waals surface area contributed by atoms with Crippen LogP contribution < -0.4 is 4.74 Å². The van der Waals surface area contributed by atoms with Gasteiger partial charge in [0, 0.05) is 0 Å². The second kappa shape index (κ2) is 7.65. The summed E-state index contributed by atoms with van der Waals surface area (Å²) in [7, 11) is 1.61. The molecule has 0 saturated carbocycles. The molecular formula is C15H23ClO2. The van der Waals surface area contributed by atoms with Crippen molar-refractivity contribution in [3.8, 4) is 5.75 Å². The molecule has 1 atom stereocenters. The number of benzene rings is 1. The Kier molecular flexibility index (Phi) is 6.51. The molecule has 1 unspecified atom stereocenters. The Morgan fingerprint density at radius 1 is 1.22 bits per heavy atom. The highest BCUT2D eigenvalue weighted by molar-refractivity contribution is 6.31. The topological polar surface area (TPSA) is 29.5 Å². The van der Waals surface area contributed by atoms with Crippen molar-refractivity contribution in [2.75, 3.05) is 7.11 Å². The van der Waals surface area contributed by atoms with E-state index in [2.05, 4.69) is 13.8 Å². The molecule has 1 rings (SSSR count). The minimum absolute atomic E-state index is 0.283. The number of hydrogen-bond donors (Lipinski definition) is 1. The Hall–Kier alpha value is -0.730. The van der Waals surface area contributed by atoms with E-state index in [9.17, 15) is 5.11 Å². The molecule has 0 aliphatic heterocycles. The number of ether oxygens (including phenoxy) is 1. The molecule has 0 fully saturated rings. The van der Waals surface area contributed by atoms with E-state index < -0.39 is 6.10 Å². The summed E-state index contributed by atoms with van der Waals surface area (Å²) >= 11 is 6.21. The van der Waals surface area contributed by atoms with Crippen LogP contribution in [0.3, 0.4) is 0 Å². The van der Waals surface area contributed by atoms with Gasteiger partial charge >= 0.3 is 0 Å². The van der Waals surface area contributed by atoms with Crippen LogP contribution in [0.25, 0.3) is 0 Å². The molecule has 0 aliphatic rings. The van der Waals surface area contributed by atoms with Crippen molar-refractivity contribution in [3.63, 3.8) is 0 Å². The average molecular weight is 271 g/mol. The zero-order chi connectivity index (χ0) is 13.5. The molecule has 0 heterocycles. The summed E-state index contributed by atoms with van der Waals surface area (Å²) in [5.41, 5.74) is 0.810. The van der Waals surface area contributed by atoms with E-state index in [0.29, 0.717) is 5.02 Å². The predicted octanol–water partition coefficient (Wildman–Crippen LogP) is 4.60. The smallest absolute Gasteiger partial charge is 0.120 e. The number of aliphatic hydroxyl groups excluding tert-OH is 1. The summed E-state index contributed by atoms with van der Waals surface area (Å²) in [6, 6.07) is 5.47. The average Bonchev–Trinajstić information content (AvgIpc) is 2.37. The first-order valence-electron chi connectivity index (χ1n) is 6.65. The SMILES string of the molecule is CCCC(CCC)C(O)c1ccc(OC)cc1Cl. The maximum atomic E-state index is 10.5. The molecule has 18 heavy (non-hydrogen) atoms. The minimum atomic E-state index is -0.483. The molecule has 0 aliphatic carbocycles. The van der Waals surface area contributed by atoms with E-state index in [0.717, 1.165) is 37.0 Å². The van der Waals surface area contributed by atoms with Gasteiger partial charge in [-0.25, -0.2) is 0 Å². The molecule has 0 aromatic heterocycles. The van der Waals surface area contributed by atoms with E-state index in [1.165, 1.54) is 0 Å². The van der Waals surface area contributed by atoms with Gasteiger partial charge in [0.1, 0.15) is 5.75 Å². The lowest BCUT2D eigenvalue weighted by Gasteiger charge is -2.23. The summed E-state index contributed by atoms with van der Waals surface area (Å²) in [6.45, 7) is 4.29. The van der Waals surface area contributed by atoms with Crippen LogP contribution in [-0.4, -0.2) is 12.2 Å². The van der Waals surface area contributed by atoms with Gasteiger partial charge in [0.2, 0.25) is 0 Å². The zero-order valence-corrected chi connectivity index (χ0v) is 12.2. The van der Waals surface area contributed by atoms with E-state index in [-0.39, 0.29) is 5.92 Å². The highest BCUT2D eigenvalue weighted by Crippen LogP contribution is 2.35. The molecule has 0 saturated heterocycles. The van der Waals surface area contributed by atoms with Crippen molar-refractivity contribution in [2.45, 2.75) is 45.6 Å². The van der Waals surface area contributed by atoms with Crippen LogP contribution in [0.15, 0.2) is 18.2 Å². The van der Waals surface area contributed by atoms with Crippen molar-refractivity contribution in [1.82, 2.24) is 0 Å². The van der Waals surface area contributed by atoms with Gasteiger partial charge in [-0.05, 0) is 36.5 Å².